The summed E-state index contributed by atoms with van der Waals surface area (Å²) in [6.07, 6.45) is 3.56. The number of carbonyl (C=O) groups excluding carboxylic acids is 1. The van der Waals surface area contributed by atoms with E-state index in [-0.39, 0.29) is 5.91 Å². The second-order valence-electron chi connectivity index (χ2n) is 4.34. The molecule has 1 amide bonds. The molecule has 0 aromatic carbocycles. The topological polar surface area (TPSA) is 58.1 Å². The van der Waals surface area contributed by atoms with Crippen molar-refractivity contribution in [2.75, 3.05) is 11.4 Å². The normalized spacial score (nSPS) is 10.5. The van der Waals surface area contributed by atoms with E-state index in [1.165, 1.54) is 16.9 Å². The van der Waals surface area contributed by atoms with Crippen LogP contribution in [0.3, 0.4) is 0 Å². The summed E-state index contributed by atoms with van der Waals surface area (Å²) < 4.78 is 0. The van der Waals surface area contributed by atoms with Crippen LogP contribution < -0.4 is 10.2 Å². The van der Waals surface area contributed by atoms with E-state index in [0.29, 0.717) is 13.1 Å². The van der Waals surface area contributed by atoms with Gasteiger partial charge in [-0.25, -0.2) is 4.98 Å². The van der Waals surface area contributed by atoms with E-state index in [4.69, 9.17) is 0 Å². The first kappa shape index (κ1) is 14.6. The number of hydrogen-bond acceptors (Lipinski definition) is 5. The minimum absolute atomic E-state index is 0.0261. The highest BCUT2D eigenvalue weighted by molar-refractivity contribution is 7.14. The molecule has 0 bridgehead atoms. The molecule has 0 atom stereocenters. The zero-order chi connectivity index (χ0) is 14.4. The second kappa shape index (κ2) is 7.12. The van der Waals surface area contributed by atoms with Crippen LogP contribution in [-0.2, 0) is 17.9 Å². The number of aromatic nitrogens is 2. The molecule has 2 heterocycles. The number of nitrogens with zero attached hydrogens (tertiary/aromatic N) is 3. The van der Waals surface area contributed by atoms with Crippen molar-refractivity contribution in [3.63, 3.8) is 0 Å². The molecule has 0 aliphatic carbocycles. The van der Waals surface area contributed by atoms with Crippen molar-refractivity contribution in [3.8, 4) is 0 Å². The van der Waals surface area contributed by atoms with E-state index >= 15 is 0 Å². The summed E-state index contributed by atoms with van der Waals surface area (Å²) in [6.45, 7) is 5.62. The van der Waals surface area contributed by atoms with Gasteiger partial charge in [0, 0.05) is 44.3 Å². The number of anilines is 1. The molecular weight excluding hydrogens is 272 g/mol. The third-order valence-electron chi connectivity index (χ3n) is 2.85. The summed E-state index contributed by atoms with van der Waals surface area (Å²) in [5.74, 6) is 0.0261. The van der Waals surface area contributed by atoms with E-state index < -0.39 is 0 Å². The smallest absolute Gasteiger partial charge is 0.225 e. The molecule has 0 saturated heterocycles. The zero-order valence-electron chi connectivity index (χ0n) is 11.7. The molecule has 0 saturated carbocycles. The summed E-state index contributed by atoms with van der Waals surface area (Å²) in [4.78, 5) is 21.6. The predicted octanol–water partition coefficient (Wildman–Crippen LogP) is 2.20. The molecule has 2 aromatic rings. The summed E-state index contributed by atoms with van der Waals surface area (Å²) in [5, 5.41) is 6.08. The summed E-state index contributed by atoms with van der Waals surface area (Å²) >= 11 is 1.50. The Hall–Kier alpha value is -1.79. The Balaban J connectivity index is 1.88. The van der Waals surface area contributed by atoms with Gasteiger partial charge in [-0.15, -0.1) is 11.3 Å². The van der Waals surface area contributed by atoms with Gasteiger partial charge >= 0.3 is 0 Å². The molecule has 106 valence electrons. The molecule has 20 heavy (non-hydrogen) atoms. The Kier molecular flexibility index (Phi) is 5.20. The van der Waals surface area contributed by atoms with Crippen LogP contribution in [0.5, 0.6) is 0 Å². The van der Waals surface area contributed by atoms with E-state index in [1.54, 1.807) is 24.2 Å². The first-order valence-corrected chi connectivity index (χ1v) is 7.40. The molecule has 2 rings (SSSR count). The molecule has 0 fully saturated rings. The Bertz CT molecular complexity index is 555. The number of hydrogen-bond donors (Lipinski definition) is 1. The van der Waals surface area contributed by atoms with E-state index in [1.807, 2.05) is 24.4 Å². The molecular formula is C14H18N4OS. The molecule has 0 aliphatic heterocycles. The number of pyridine rings is 1. The number of rotatable bonds is 6. The third kappa shape index (κ3) is 3.85. The number of carbonyl (C=O) groups is 1. The first-order valence-electron chi connectivity index (χ1n) is 6.53. The first-order chi connectivity index (χ1) is 9.70. The lowest BCUT2D eigenvalue weighted by Crippen LogP contribution is -2.27. The van der Waals surface area contributed by atoms with Gasteiger partial charge in [0.05, 0.1) is 5.69 Å². The number of amides is 1. The number of thiazole rings is 1. The van der Waals surface area contributed by atoms with Gasteiger partial charge in [0.15, 0.2) is 5.13 Å². The van der Waals surface area contributed by atoms with Crippen LogP contribution in [0.1, 0.15) is 25.1 Å². The van der Waals surface area contributed by atoms with Gasteiger partial charge in [-0.3, -0.25) is 14.7 Å². The standard InChI is InChI=1S/C14H18N4OS/c1-3-18(11(2)19)14-17-13(10-20-14)9-16-8-12-4-6-15-7-5-12/h4-7,10,16H,3,8-9H2,1-2H3. The summed E-state index contributed by atoms with van der Waals surface area (Å²) in [7, 11) is 0. The molecule has 0 spiro atoms. The van der Waals surface area contributed by atoms with Crippen LogP contribution in [0, 0.1) is 0 Å². The second-order valence-corrected chi connectivity index (χ2v) is 5.18. The van der Waals surface area contributed by atoms with Gasteiger partial charge in [-0.1, -0.05) is 0 Å². The Morgan fingerprint density at radius 2 is 2.10 bits per heavy atom. The van der Waals surface area contributed by atoms with Crippen LogP contribution in [0.4, 0.5) is 5.13 Å². The highest BCUT2D eigenvalue weighted by Crippen LogP contribution is 2.20. The van der Waals surface area contributed by atoms with Crippen LogP contribution in [0.25, 0.3) is 0 Å². The van der Waals surface area contributed by atoms with Crippen LogP contribution in [0.2, 0.25) is 0 Å². The molecule has 0 unspecified atom stereocenters. The maximum Gasteiger partial charge on any atom is 0.225 e. The van der Waals surface area contributed by atoms with Gasteiger partial charge in [0.2, 0.25) is 5.91 Å². The van der Waals surface area contributed by atoms with Gasteiger partial charge in [-0.2, -0.15) is 0 Å². The number of nitrogens with one attached hydrogen (secondary N) is 1. The van der Waals surface area contributed by atoms with Crippen LogP contribution >= 0.6 is 11.3 Å². The Morgan fingerprint density at radius 1 is 1.35 bits per heavy atom. The van der Waals surface area contributed by atoms with Crippen molar-refractivity contribution in [3.05, 3.63) is 41.2 Å². The van der Waals surface area contributed by atoms with Crippen molar-refractivity contribution >= 4 is 22.4 Å². The Labute approximate surface area is 122 Å². The van der Waals surface area contributed by atoms with Crippen molar-refractivity contribution in [1.82, 2.24) is 15.3 Å². The quantitative estimate of drug-likeness (QED) is 0.886. The lowest BCUT2D eigenvalue weighted by atomic mass is 10.3. The van der Waals surface area contributed by atoms with E-state index in [0.717, 1.165) is 17.4 Å². The maximum absolute atomic E-state index is 11.5. The molecule has 1 N–H and O–H groups in total. The SMILES string of the molecule is CCN(C(C)=O)c1nc(CNCc2ccncc2)cs1. The predicted molar refractivity (Wildman–Crippen MR) is 80.6 cm³/mol. The summed E-state index contributed by atoms with van der Waals surface area (Å²) in [5.41, 5.74) is 2.15. The largest absolute Gasteiger partial charge is 0.307 e. The molecule has 5 nitrogen and oxygen atoms in total. The fraction of sp³-hybridized carbons (Fsp3) is 0.357. The highest BCUT2D eigenvalue weighted by atomic mass is 32.1. The van der Waals surface area contributed by atoms with Crippen LogP contribution in [-0.4, -0.2) is 22.4 Å². The molecule has 6 heteroatoms. The van der Waals surface area contributed by atoms with Gasteiger partial charge in [0.1, 0.15) is 0 Å². The Morgan fingerprint density at radius 3 is 2.75 bits per heavy atom. The molecule has 0 aliphatic rings. The summed E-state index contributed by atoms with van der Waals surface area (Å²) in [6, 6.07) is 3.96. The van der Waals surface area contributed by atoms with Crippen molar-refractivity contribution in [1.29, 1.82) is 0 Å². The van der Waals surface area contributed by atoms with Crippen LogP contribution in [0.15, 0.2) is 29.9 Å². The fourth-order valence-electron chi connectivity index (χ4n) is 1.83. The minimum Gasteiger partial charge on any atom is -0.307 e. The van der Waals surface area contributed by atoms with Gasteiger partial charge < -0.3 is 5.32 Å². The lowest BCUT2D eigenvalue weighted by molar-refractivity contribution is -0.116. The lowest BCUT2D eigenvalue weighted by Gasteiger charge is -2.14. The highest BCUT2D eigenvalue weighted by Gasteiger charge is 2.12. The van der Waals surface area contributed by atoms with E-state index in [9.17, 15) is 4.79 Å². The third-order valence-corrected chi connectivity index (χ3v) is 3.76. The van der Waals surface area contributed by atoms with Gasteiger partial charge in [-0.05, 0) is 24.6 Å². The van der Waals surface area contributed by atoms with E-state index in [2.05, 4.69) is 15.3 Å². The fourth-order valence-corrected chi connectivity index (χ4v) is 2.76. The average Bonchev–Trinajstić information content (AvgIpc) is 2.89. The van der Waals surface area contributed by atoms with Gasteiger partial charge in [0.25, 0.3) is 0 Å². The molecule has 2 aromatic heterocycles. The van der Waals surface area contributed by atoms with Crippen molar-refractivity contribution in [2.45, 2.75) is 26.9 Å². The molecule has 0 radical (unpaired) electrons. The average molecular weight is 290 g/mol. The van der Waals surface area contributed by atoms with Crippen molar-refractivity contribution < 1.29 is 4.79 Å². The monoisotopic (exact) mass is 290 g/mol. The van der Waals surface area contributed by atoms with Crippen molar-refractivity contribution in [2.24, 2.45) is 0 Å². The maximum atomic E-state index is 11.5. The zero-order valence-corrected chi connectivity index (χ0v) is 12.5. The minimum atomic E-state index is 0.0261.